The Labute approximate surface area is 192 Å². The zero-order valence-electron chi connectivity index (χ0n) is 19.5. The van der Waals surface area contributed by atoms with E-state index in [0.29, 0.717) is 0 Å². The van der Waals surface area contributed by atoms with Gasteiger partial charge in [-0.25, -0.2) is 0 Å². The van der Waals surface area contributed by atoms with Gasteiger partial charge in [0, 0.05) is 56.8 Å². The van der Waals surface area contributed by atoms with Gasteiger partial charge in [-0.1, -0.05) is 49.1 Å². The Bertz CT molecular complexity index is 990. The van der Waals surface area contributed by atoms with Crippen molar-refractivity contribution in [1.82, 2.24) is 15.2 Å². The summed E-state index contributed by atoms with van der Waals surface area (Å²) in [5.74, 6) is 0.0928. The van der Waals surface area contributed by atoms with Crippen LogP contribution in [0.1, 0.15) is 28.3 Å². The topological polar surface area (TPSA) is 55.3 Å². The number of fused-ring (bicyclic) bond motifs is 1. The molecule has 32 heavy (non-hydrogen) atoms. The second-order valence-electron chi connectivity index (χ2n) is 8.32. The monoisotopic (exact) mass is 430 g/mol. The van der Waals surface area contributed by atoms with Crippen LogP contribution in [0.5, 0.6) is 0 Å². The summed E-state index contributed by atoms with van der Waals surface area (Å²) in [5.41, 5.74) is 9.82. The van der Waals surface area contributed by atoms with Gasteiger partial charge in [-0.2, -0.15) is 5.10 Å². The molecule has 0 fully saturated rings. The summed E-state index contributed by atoms with van der Waals surface area (Å²) in [6.45, 7) is 9.24. The molecule has 2 unspecified atom stereocenters. The molecule has 2 N–H and O–H groups in total. The zero-order chi connectivity index (χ0) is 23.1. The van der Waals surface area contributed by atoms with Crippen LogP contribution in [0, 0.1) is 5.92 Å². The van der Waals surface area contributed by atoms with Crippen molar-refractivity contribution in [2.45, 2.75) is 12.6 Å². The van der Waals surface area contributed by atoms with E-state index in [1.807, 2.05) is 26.4 Å². The van der Waals surface area contributed by atoms with Gasteiger partial charge in [0.25, 0.3) is 0 Å². The number of benzene rings is 2. The highest BCUT2D eigenvalue weighted by Crippen LogP contribution is 2.39. The minimum atomic E-state index is 0.0654. The van der Waals surface area contributed by atoms with E-state index in [-0.39, 0.29) is 12.0 Å². The largest absolute Gasteiger partial charge is 0.378 e. The molecule has 168 valence electrons. The van der Waals surface area contributed by atoms with E-state index in [1.165, 1.54) is 11.1 Å². The molecular formula is C26H34N6. The highest BCUT2D eigenvalue weighted by atomic mass is 15.3. The molecule has 0 aromatic heterocycles. The van der Waals surface area contributed by atoms with Crippen LogP contribution < -0.4 is 10.7 Å². The molecule has 3 rings (SSSR count). The van der Waals surface area contributed by atoms with Gasteiger partial charge in [-0.3, -0.25) is 4.99 Å². The van der Waals surface area contributed by atoms with Crippen LogP contribution in [0.25, 0.3) is 6.08 Å². The molecule has 0 amide bonds. The fourth-order valence-corrected chi connectivity index (χ4v) is 4.25. The molecule has 1 aliphatic rings. The number of nitrogens with one attached hydrogen (secondary N) is 2. The van der Waals surface area contributed by atoms with E-state index in [9.17, 15) is 0 Å². The lowest BCUT2D eigenvalue weighted by atomic mass is 9.79. The molecular weight excluding hydrogens is 396 g/mol. The molecule has 6 nitrogen and oxygen atoms in total. The summed E-state index contributed by atoms with van der Waals surface area (Å²) in [7, 11) is 8.06. The maximum Gasteiger partial charge on any atom is 0.0774 e. The first kappa shape index (κ1) is 23.3. The molecule has 1 heterocycles. The summed E-state index contributed by atoms with van der Waals surface area (Å²) in [6, 6.07) is 15.2. The first-order valence-corrected chi connectivity index (χ1v) is 10.8. The van der Waals surface area contributed by atoms with Gasteiger partial charge in [-0.05, 0) is 43.6 Å². The summed E-state index contributed by atoms with van der Waals surface area (Å²) in [4.78, 5) is 8.15. The average Bonchev–Trinajstić information content (AvgIpc) is 2.78. The predicted octanol–water partition coefficient (Wildman–Crippen LogP) is 4.20. The lowest BCUT2D eigenvalue weighted by Crippen LogP contribution is -2.40. The smallest absolute Gasteiger partial charge is 0.0774 e. The Morgan fingerprint density at radius 1 is 1.12 bits per heavy atom. The van der Waals surface area contributed by atoms with Gasteiger partial charge in [0.2, 0.25) is 0 Å². The second kappa shape index (κ2) is 10.8. The van der Waals surface area contributed by atoms with Crippen molar-refractivity contribution < 1.29 is 0 Å². The van der Waals surface area contributed by atoms with Gasteiger partial charge < -0.3 is 20.5 Å². The van der Waals surface area contributed by atoms with E-state index >= 15 is 0 Å². The normalized spacial score (nSPS) is 19.0. The number of hydrazone groups is 1. The van der Waals surface area contributed by atoms with Gasteiger partial charge >= 0.3 is 0 Å². The molecule has 0 bridgehead atoms. The van der Waals surface area contributed by atoms with E-state index in [2.05, 4.69) is 95.4 Å². The van der Waals surface area contributed by atoms with Crippen LogP contribution in [-0.2, 0) is 6.54 Å². The van der Waals surface area contributed by atoms with Gasteiger partial charge in [-0.15, -0.1) is 0 Å². The minimum absolute atomic E-state index is 0.0654. The third-order valence-electron chi connectivity index (χ3n) is 5.62. The Morgan fingerprint density at radius 2 is 1.88 bits per heavy atom. The summed E-state index contributed by atoms with van der Waals surface area (Å²) in [5, 5.41) is 8.56. The molecule has 0 spiro atoms. The van der Waals surface area contributed by atoms with Crippen molar-refractivity contribution in [1.29, 1.82) is 0 Å². The third kappa shape index (κ3) is 5.26. The first-order valence-electron chi connectivity index (χ1n) is 10.8. The van der Waals surface area contributed by atoms with Gasteiger partial charge in [0.15, 0.2) is 0 Å². The van der Waals surface area contributed by atoms with Crippen molar-refractivity contribution in [2.24, 2.45) is 16.0 Å². The first-order chi connectivity index (χ1) is 15.5. The van der Waals surface area contributed by atoms with Crippen molar-refractivity contribution >= 4 is 24.2 Å². The zero-order valence-corrected chi connectivity index (χ0v) is 19.5. The van der Waals surface area contributed by atoms with E-state index in [0.717, 1.165) is 35.6 Å². The molecule has 2 aromatic carbocycles. The van der Waals surface area contributed by atoms with Gasteiger partial charge in [0.05, 0.1) is 11.8 Å². The molecule has 0 aliphatic carbocycles. The summed E-state index contributed by atoms with van der Waals surface area (Å²) < 4.78 is 0. The molecule has 0 saturated heterocycles. The number of hydrogen-bond acceptors (Lipinski definition) is 6. The highest BCUT2D eigenvalue weighted by molar-refractivity contribution is 6.11. The number of nitrogens with zero attached hydrogens (tertiary/aromatic N) is 4. The quantitative estimate of drug-likeness (QED) is 0.462. The standard InChI is InChI=1S/C26H34N6/c1-7-20-9-8-10-23-24(20)26(30-28-3)22(18-32(6)16-15-27-2)25(29-23)21-13-11-19(12-14-21)17-31(4)5/h7-16,22,25,28-29H,1-2,17-18H2,3-6H3/b16-15-,30-26-. The van der Waals surface area contributed by atoms with Crippen molar-refractivity contribution in [3.8, 4) is 0 Å². The van der Waals surface area contributed by atoms with Crippen LogP contribution in [0.2, 0.25) is 0 Å². The van der Waals surface area contributed by atoms with E-state index in [1.54, 1.807) is 6.20 Å². The van der Waals surface area contributed by atoms with E-state index in [4.69, 9.17) is 5.10 Å². The van der Waals surface area contributed by atoms with Crippen LogP contribution in [0.15, 0.2) is 71.5 Å². The third-order valence-corrected chi connectivity index (χ3v) is 5.62. The molecule has 6 heteroatoms. The van der Waals surface area contributed by atoms with Crippen molar-refractivity contribution in [3.63, 3.8) is 0 Å². The lowest BCUT2D eigenvalue weighted by molar-refractivity contribution is 0.380. The van der Waals surface area contributed by atoms with Crippen LogP contribution in [0.3, 0.4) is 0 Å². The van der Waals surface area contributed by atoms with Crippen LogP contribution >= 0.6 is 0 Å². The van der Waals surface area contributed by atoms with Crippen LogP contribution in [0.4, 0.5) is 5.69 Å². The fourth-order valence-electron chi connectivity index (χ4n) is 4.25. The minimum Gasteiger partial charge on any atom is -0.378 e. The number of rotatable bonds is 9. The number of aliphatic imine (C=N–C) groups is 1. The highest BCUT2D eigenvalue weighted by Gasteiger charge is 2.36. The van der Waals surface area contributed by atoms with Gasteiger partial charge in [0.1, 0.15) is 0 Å². The molecule has 0 radical (unpaired) electrons. The summed E-state index contributed by atoms with van der Waals surface area (Å²) >= 11 is 0. The Morgan fingerprint density at radius 3 is 2.50 bits per heavy atom. The Hall–Kier alpha value is -3.38. The fraction of sp³-hybridized carbons (Fsp3) is 0.308. The Balaban J connectivity index is 2.08. The second-order valence-corrected chi connectivity index (χ2v) is 8.32. The number of anilines is 1. The van der Waals surface area contributed by atoms with Crippen molar-refractivity contribution in [2.75, 3.05) is 40.1 Å². The molecule has 1 aliphatic heterocycles. The molecule has 2 aromatic rings. The number of hydrogen-bond donors (Lipinski definition) is 2. The average molecular weight is 431 g/mol. The Kier molecular flexibility index (Phi) is 7.84. The molecule has 2 atom stereocenters. The lowest BCUT2D eigenvalue weighted by Gasteiger charge is -2.38. The van der Waals surface area contributed by atoms with E-state index < -0.39 is 0 Å². The van der Waals surface area contributed by atoms with Crippen LogP contribution in [-0.4, -0.2) is 57.0 Å². The SMILES string of the molecule is C=Cc1cccc2c1/C(=N\NC)C(CN(C)/C=C\N=C)C(c1ccc(CN(C)C)cc1)N2. The summed E-state index contributed by atoms with van der Waals surface area (Å²) in [6.07, 6.45) is 5.54. The predicted molar refractivity (Wildman–Crippen MR) is 137 cm³/mol. The maximum absolute atomic E-state index is 4.77. The molecule has 0 saturated carbocycles. The maximum atomic E-state index is 4.77. The van der Waals surface area contributed by atoms with Crippen molar-refractivity contribution in [3.05, 3.63) is 83.7 Å².